The van der Waals surface area contributed by atoms with Crippen LogP contribution >= 0.6 is 0 Å². The molecule has 0 radical (unpaired) electrons. The number of hydrogen-bond donors (Lipinski definition) is 2. The van der Waals surface area contributed by atoms with Crippen LogP contribution in [0.3, 0.4) is 0 Å². The van der Waals surface area contributed by atoms with Crippen molar-refractivity contribution in [2.75, 3.05) is 6.54 Å². The van der Waals surface area contributed by atoms with Gasteiger partial charge in [-0.3, -0.25) is 0 Å². The maximum Gasteiger partial charge on any atom is 1.00 e. The van der Waals surface area contributed by atoms with Crippen LogP contribution in [-0.4, -0.2) is 30.6 Å². The molecule has 0 aliphatic rings. The van der Waals surface area contributed by atoms with Gasteiger partial charge in [-0.15, -0.1) is 0 Å². The second-order valence-corrected chi connectivity index (χ2v) is 7.90. The van der Waals surface area contributed by atoms with Crippen molar-refractivity contribution in [3.05, 3.63) is 60.3 Å². The van der Waals surface area contributed by atoms with Gasteiger partial charge in [0.1, 0.15) is 5.75 Å². The van der Waals surface area contributed by atoms with E-state index in [4.69, 9.17) is 0 Å². The predicted octanol–water partition coefficient (Wildman–Crippen LogP) is -1.99. The van der Waals surface area contributed by atoms with Gasteiger partial charge < -0.3 is 19.6 Å². The summed E-state index contributed by atoms with van der Waals surface area (Å²) in [5.74, 6) is -1.06. The molecule has 3 rings (SSSR count). The third-order valence-corrected chi connectivity index (χ3v) is 5.72. The van der Waals surface area contributed by atoms with Gasteiger partial charge in [0.2, 0.25) is 10.0 Å². The molecular weight excluding hydrogens is 391 g/mol. The van der Waals surface area contributed by atoms with Crippen LogP contribution in [0.1, 0.15) is 12.0 Å². The number of nitrogens with zero attached hydrogens (tertiary/aromatic N) is 1. The van der Waals surface area contributed by atoms with Gasteiger partial charge >= 0.3 is 29.6 Å². The number of phenols is 1. The van der Waals surface area contributed by atoms with Crippen molar-refractivity contribution in [3.63, 3.8) is 0 Å². The molecule has 0 unspecified atom stereocenters. The van der Waals surface area contributed by atoms with E-state index in [0.717, 1.165) is 16.5 Å². The number of aromatic nitrogens is 1. The first-order chi connectivity index (χ1) is 12.9. The van der Waals surface area contributed by atoms with Gasteiger partial charge in [0.25, 0.3) is 0 Å². The number of carbonyl (C=O) groups is 1. The minimum Gasteiger partial charge on any atom is -0.550 e. The number of rotatable bonds is 8. The number of carbonyl (C=O) groups excluding carboxylic acids is 1. The summed E-state index contributed by atoms with van der Waals surface area (Å²) in [6.45, 7) is 0.409. The Kier molecular flexibility index (Phi) is 7.68. The molecule has 2 aromatic carbocycles. The van der Waals surface area contributed by atoms with Crippen molar-refractivity contribution < 1.29 is 53.0 Å². The molecule has 0 spiro atoms. The van der Waals surface area contributed by atoms with E-state index in [0.29, 0.717) is 6.42 Å². The Morgan fingerprint density at radius 3 is 2.54 bits per heavy atom. The van der Waals surface area contributed by atoms with Crippen LogP contribution in [0.5, 0.6) is 5.75 Å². The summed E-state index contributed by atoms with van der Waals surface area (Å²) in [5.41, 5.74) is 1.59. The van der Waals surface area contributed by atoms with Crippen LogP contribution in [0.25, 0.3) is 10.9 Å². The molecule has 0 aliphatic heterocycles. The van der Waals surface area contributed by atoms with E-state index in [1.165, 1.54) is 18.2 Å². The molecule has 3 aromatic rings. The average molecular weight is 410 g/mol. The third-order valence-electron chi connectivity index (χ3n) is 4.24. The Morgan fingerprint density at radius 2 is 1.86 bits per heavy atom. The van der Waals surface area contributed by atoms with Crippen molar-refractivity contribution in [1.29, 1.82) is 0 Å². The number of sulfonamides is 1. The summed E-state index contributed by atoms with van der Waals surface area (Å²) in [5, 5.41) is 21.3. The SMILES string of the molecule is O=C([O-])CCn1cc(CCNS(=O)(=O)c2ccccc2)c2cc(O)ccc21.[Na+]. The Labute approximate surface area is 185 Å². The Morgan fingerprint density at radius 1 is 1.14 bits per heavy atom. The molecule has 0 saturated carbocycles. The molecule has 142 valence electrons. The summed E-state index contributed by atoms with van der Waals surface area (Å²) in [4.78, 5) is 10.9. The van der Waals surface area contributed by atoms with Crippen molar-refractivity contribution in [1.82, 2.24) is 9.29 Å². The first-order valence-electron chi connectivity index (χ1n) is 8.42. The van der Waals surface area contributed by atoms with Gasteiger partial charge in [0.15, 0.2) is 0 Å². The van der Waals surface area contributed by atoms with Crippen LogP contribution in [0, 0.1) is 0 Å². The molecule has 0 amide bonds. The van der Waals surface area contributed by atoms with Crippen molar-refractivity contribution in [2.45, 2.75) is 24.3 Å². The standard InChI is InChI=1S/C19H20N2O5S.Na/c22-15-6-7-18-17(12-15)14(13-21(18)11-9-19(23)24)8-10-20-27(25,26)16-4-2-1-3-5-16;/h1-7,12-13,20,22H,8-11H2,(H,23,24);/q;+1/p-1. The molecule has 2 N–H and O–H groups in total. The zero-order valence-corrected chi connectivity index (χ0v) is 18.3. The Bertz CT molecular complexity index is 1060. The van der Waals surface area contributed by atoms with Crippen LogP contribution in [0.4, 0.5) is 0 Å². The first kappa shape index (κ1) is 22.4. The number of aliphatic carboxylic acids is 1. The monoisotopic (exact) mass is 410 g/mol. The number of fused-ring (bicyclic) bond motifs is 1. The van der Waals surface area contributed by atoms with Crippen LogP contribution < -0.4 is 39.4 Å². The zero-order valence-electron chi connectivity index (χ0n) is 15.5. The van der Waals surface area contributed by atoms with Crippen molar-refractivity contribution in [3.8, 4) is 5.75 Å². The van der Waals surface area contributed by atoms with Gasteiger partial charge in [-0.1, -0.05) is 18.2 Å². The molecular formula is C19H19N2NaO5S. The fourth-order valence-corrected chi connectivity index (χ4v) is 4.01. The number of aromatic hydroxyl groups is 1. The maximum atomic E-state index is 12.3. The van der Waals surface area contributed by atoms with Crippen LogP contribution in [-0.2, 0) is 27.8 Å². The van der Waals surface area contributed by atoms with Gasteiger partial charge in [-0.2, -0.15) is 0 Å². The van der Waals surface area contributed by atoms with Crippen molar-refractivity contribution in [2.24, 2.45) is 0 Å². The zero-order chi connectivity index (χ0) is 19.4. The van der Waals surface area contributed by atoms with Crippen molar-refractivity contribution >= 4 is 26.9 Å². The van der Waals surface area contributed by atoms with Crippen LogP contribution in [0.15, 0.2) is 59.6 Å². The molecule has 1 heterocycles. The van der Waals surface area contributed by atoms with E-state index in [-0.39, 0.29) is 59.7 Å². The quantitative estimate of drug-likeness (QED) is 0.418. The smallest absolute Gasteiger partial charge is 0.550 e. The number of aryl methyl sites for hydroxylation is 1. The molecule has 0 aliphatic carbocycles. The maximum absolute atomic E-state index is 12.3. The average Bonchev–Trinajstić information content (AvgIpc) is 2.97. The molecule has 1 aromatic heterocycles. The number of carboxylic acid groups (broad SMARTS) is 1. The molecule has 0 fully saturated rings. The molecule has 0 saturated heterocycles. The second kappa shape index (κ2) is 9.58. The Balaban J connectivity index is 0.00000280. The third kappa shape index (κ3) is 5.36. The second-order valence-electron chi connectivity index (χ2n) is 6.13. The number of nitrogens with one attached hydrogen (secondary N) is 1. The fraction of sp³-hybridized carbons (Fsp3) is 0.211. The number of carboxylic acids is 1. The van der Waals surface area contributed by atoms with Gasteiger partial charge in [0, 0.05) is 42.6 Å². The van der Waals surface area contributed by atoms with E-state index in [1.807, 2.05) is 0 Å². The number of phenolic OH excluding ortho intramolecular Hbond substituents is 1. The molecule has 7 nitrogen and oxygen atoms in total. The predicted molar refractivity (Wildman–Crippen MR) is 98.6 cm³/mol. The summed E-state index contributed by atoms with van der Waals surface area (Å²) in [6, 6.07) is 12.9. The summed E-state index contributed by atoms with van der Waals surface area (Å²) in [7, 11) is -3.60. The topological polar surface area (TPSA) is 111 Å². The van der Waals surface area contributed by atoms with E-state index in [2.05, 4.69) is 4.72 Å². The fourth-order valence-electron chi connectivity index (χ4n) is 2.96. The van der Waals surface area contributed by atoms with E-state index >= 15 is 0 Å². The van der Waals surface area contributed by atoms with Crippen LogP contribution in [0.2, 0.25) is 0 Å². The minimum atomic E-state index is -3.60. The Hall–Kier alpha value is -1.84. The van der Waals surface area contributed by atoms with E-state index < -0.39 is 16.0 Å². The molecule has 0 atom stereocenters. The minimum absolute atomic E-state index is 0. The molecule has 0 bridgehead atoms. The normalized spacial score (nSPS) is 11.3. The van der Waals surface area contributed by atoms with Gasteiger partial charge in [-0.25, -0.2) is 13.1 Å². The number of hydrogen-bond acceptors (Lipinski definition) is 5. The molecule has 9 heteroatoms. The summed E-state index contributed by atoms with van der Waals surface area (Å²) in [6.07, 6.45) is 2.04. The first-order valence-corrected chi connectivity index (χ1v) is 9.90. The number of benzene rings is 2. The summed E-state index contributed by atoms with van der Waals surface area (Å²) < 4.78 is 28.9. The van der Waals surface area contributed by atoms with Gasteiger partial charge in [0.05, 0.1) is 4.90 Å². The van der Waals surface area contributed by atoms with Gasteiger partial charge in [-0.05, 0) is 42.3 Å². The van der Waals surface area contributed by atoms with E-state index in [1.54, 1.807) is 41.1 Å². The van der Waals surface area contributed by atoms with E-state index in [9.17, 15) is 23.4 Å². The molecule has 28 heavy (non-hydrogen) atoms. The largest absolute Gasteiger partial charge is 1.00 e. The summed E-state index contributed by atoms with van der Waals surface area (Å²) >= 11 is 0.